The van der Waals surface area contributed by atoms with E-state index < -0.39 is 0 Å². The van der Waals surface area contributed by atoms with Crippen LogP contribution >= 0.6 is 24.8 Å². The van der Waals surface area contributed by atoms with Crippen LogP contribution in [0.2, 0.25) is 0 Å². The van der Waals surface area contributed by atoms with Crippen molar-refractivity contribution in [1.82, 2.24) is 15.1 Å². The van der Waals surface area contributed by atoms with Gasteiger partial charge in [-0.2, -0.15) is 0 Å². The second kappa shape index (κ2) is 10.7. The van der Waals surface area contributed by atoms with E-state index in [4.69, 9.17) is 0 Å². The monoisotopic (exact) mass is 339 g/mol. The number of nitrogens with zero attached hydrogens (tertiary/aromatic N) is 2. The van der Waals surface area contributed by atoms with Gasteiger partial charge in [-0.3, -0.25) is 9.69 Å². The third kappa shape index (κ3) is 5.93. The first-order valence-electron chi connectivity index (χ1n) is 7.99. The largest absolute Gasteiger partial charge is 0.341 e. The molecule has 0 aromatic rings. The van der Waals surface area contributed by atoms with Gasteiger partial charge in [0.1, 0.15) is 0 Å². The molecule has 0 aliphatic carbocycles. The number of hydrogen-bond donors (Lipinski definition) is 1. The number of carbonyl (C=O) groups excluding carboxylic acids is 1. The SMILES string of the molecule is CCN(CC)C1CCN(C(=O)CCC2CCCN2)C1.Cl.Cl. The Morgan fingerprint density at radius 1 is 1.24 bits per heavy atom. The molecule has 1 amide bonds. The maximum absolute atomic E-state index is 12.2. The molecule has 0 spiro atoms. The predicted molar refractivity (Wildman–Crippen MR) is 92.7 cm³/mol. The minimum absolute atomic E-state index is 0. The van der Waals surface area contributed by atoms with Gasteiger partial charge in [0.15, 0.2) is 0 Å². The summed E-state index contributed by atoms with van der Waals surface area (Å²) >= 11 is 0. The van der Waals surface area contributed by atoms with Crippen LogP contribution in [0.25, 0.3) is 0 Å². The average molecular weight is 340 g/mol. The molecule has 0 bridgehead atoms. The molecule has 126 valence electrons. The number of amides is 1. The van der Waals surface area contributed by atoms with Crippen LogP contribution in [0.5, 0.6) is 0 Å². The highest BCUT2D eigenvalue weighted by atomic mass is 35.5. The molecule has 6 heteroatoms. The molecular formula is C15H31Cl2N3O. The molecule has 2 aliphatic heterocycles. The smallest absolute Gasteiger partial charge is 0.222 e. The van der Waals surface area contributed by atoms with Gasteiger partial charge in [0.2, 0.25) is 5.91 Å². The number of carbonyl (C=O) groups is 1. The highest BCUT2D eigenvalue weighted by Gasteiger charge is 2.29. The highest BCUT2D eigenvalue weighted by molar-refractivity contribution is 5.85. The molecule has 2 atom stereocenters. The van der Waals surface area contributed by atoms with E-state index in [9.17, 15) is 4.79 Å². The Kier molecular flexibility index (Phi) is 10.6. The van der Waals surface area contributed by atoms with Crippen LogP contribution in [0.3, 0.4) is 0 Å². The Balaban J connectivity index is 0.00000200. The lowest BCUT2D eigenvalue weighted by molar-refractivity contribution is -0.130. The van der Waals surface area contributed by atoms with Gasteiger partial charge >= 0.3 is 0 Å². The van der Waals surface area contributed by atoms with Crippen LogP contribution in [0.4, 0.5) is 0 Å². The first-order valence-corrected chi connectivity index (χ1v) is 7.99. The van der Waals surface area contributed by atoms with Gasteiger partial charge in [0, 0.05) is 31.6 Å². The summed E-state index contributed by atoms with van der Waals surface area (Å²) in [6, 6.07) is 1.17. The van der Waals surface area contributed by atoms with E-state index in [0.717, 1.165) is 52.0 Å². The first-order chi connectivity index (χ1) is 9.24. The second-order valence-electron chi connectivity index (χ2n) is 5.84. The minimum atomic E-state index is 0. The fraction of sp³-hybridized carbons (Fsp3) is 0.933. The van der Waals surface area contributed by atoms with Gasteiger partial charge in [-0.15, -0.1) is 24.8 Å². The molecule has 2 saturated heterocycles. The zero-order valence-corrected chi connectivity index (χ0v) is 15.0. The molecule has 1 N–H and O–H groups in total. The molecule has 4 nitrogen and oxygen atoms in total. The van der Waals surface area contributed by atoms with E-state index in [1.165, 1.54) is 12.8 Å². The number of halogens is 2. The van der Waals surface area contributed by atoms with Gasteiger partial charge in [-0.25, -0.2) is 0 Å². The van der Waals surface area contributed by atoms with E-state index in [1.807, 2.05) is 0 Å². The molecule has 0 aromatic carbocycles. The van der Waals surface area contributed by atoms with Crippen LogP contribution in [-0.4, -0.2) is 60.5 Å². The summed E-state index contributed by atoms with van der Waals surface area (Å²) in [6.07, 6.45) is 5.41. The third-order valence-electron chi connectivity index (χ3n) is 4.71. The lowest BCUT2D eigenvalue weighted by Gasteiger charge is -2.26. The van der Waals surface area contributed by atoms with E-state index >= 15 is 0 Å². The number of likely N-dealkylation sites (N-methyl/N-ethyl adjacent to an activating group) is 1. The maximum Gasteiger partial charge on any atom is 0.222 e. The summed E-state index contributed by atoms with van der Waals surface area (Å²) in [6.45, 7) is 9.63. The van der Waals surface area contributed by atoms with Crippen molar-refractivity contribution in [2.75, 3.05) is 32.7 Å². The number of likely N-dealkylation sites (tertiary alicyclic amines) is 1. The molecule has 0 radical (unpaired) electrons. The zero-order valence-electron chi connectivity index (χ0n) is 13.3. The molecule has 0 saturated carbocycles. The molecule has 0 aromatic heterocycles. The van der Waals surface area contributed by atoms with E-state index in [1.54, 1.807) is 0 Å². The fourth-order valence-electron chi connectivity index (χ4n) is 3.47. The maximum atomic E-state index is 12.2. The number of rotatable bonds is 6. The Hall–Kier alpha value is -0.0300. The Morgan fingerprint density at radius 2 is 1.95 bits per heavy atom. The summed E-state index contributed by atoms with van der Waals surface area (Å²) in [5.41, 5.74) is 0. The van der Waals surface area contributed by atoms with Crippen molar-refractivity contribution in [3.8, 4) is 0 Å². The van der Waals surface area contributed by atoms with Crippen LogP contribution in [0, 0.1) is 0 Å². The van der Waals surface area contributed by atoms with Crippen molar-refractivity contribution in [2.24, 2.45) is 0 Å². The number of hydrogen-bond acceptors (Lipinski definition) is 3. The fourth-order valence-corrected chi connectivity index (χ4v) is 3.47. The Bertz CT molecular complexity index is 295. The first kappa shape index (κ1) is 21.0. The molecule has 2 rings (SSSR count). The molecule has 2 unspecified atom stereocenters. The van der Waals surface area contributed by atoms with Crippen molar-refractivity contribution in [2.45, 2.75) is 58.0 Å². The van der Waals surface area contributed by atoms with Crippen molar-refractivity contribution >= 4 is 30.7 Å². The van der Waals surface area contributed by atoms with Gasteiger partial charge in [-0.05, 0) is 45.3 Å². The van der Waals surface area contributed by atoms with Crippen LogP contribution in [-0.2, 0) is 4.79 Å². The molecular weight excluding hydrogens is 309 g/mol. The topological polar surface area (TPSA) is 35.6 Å². The van der Waals surface area contributed by atoms with Gasteiger partial charge in [-0.1, -0.05) is 13.8 Å². The molecule has 2 fully saturated rings. The van der Waals surface area contributed by atoms with Crippen LogP contribution < -0.4 is 5.32 Å². The quantitative estimate of drug-likeness (QED) is 0.806. The predicted octanol–water partition coefficient (Wildman–Crippen LogP) is 2.30. The van der Waals surface area contributed by atoms with Crippen LogP contribution in [0.15, 0.2) is 0 Å². The van der Waals surface area contributed by atoms with Crippen molar-refractivity contribution in [3.05, 3.63) is 0 Å². The van der Waals surface area contributed by atoms with Crippen molar-refractivity contribution in [3.63, 3.8) is 0 Å². The average Bonchev–Trinajstić information content (AvgIpc) is 3.09. The molecule has 21 heavy (non-hydrogen) atoms. The summed E-state index contributed by atoms with van der Waals surface area (Å²) in [5, 5.41) is 3.47. The lowest BCUT2D eigenvalue weighted by Crippen LogP contribution is -2.38. The van der Waals surface area contributed by atoms with Gasteiger partial charge in [0.05, 0.1) is 0 Å². The van der Waals surface area contributed by atoms with Crippen LogP contribution in [0.1, 0.15) is 46.0 Å². The van der Waals surface area contributed by atoms with Gasteiger partial charge < -0.3 is 10.2 Å². The zero-order chi connectivity index (χ0) is 13.7. The van der Waals surface area contributed by atoms with Gasteiger partial charge in [0.25, 0.3) is 0 Å². The summed E-state index contributed by atoms with van der Waals surface area (Å²) in [7, 11) is 0. The van der Waals surface area contributed by atoms with Crippen molar-refractivity contribution < 1.29 is 4.79 Å². The Labute approximate surface area is 141 Å². The highest BCUT2D eigenvalue weighted by Crippen LogP contribution is 2.18. The van der Waals surface area contributed by atoms with E-state index in [-0.39, 0.29) is 24.8 Å². The normalized spacial score (nSPS) is 24.8. The lowest BCUT2D eigenvalue weighted by atomic mass is 10.1. The third-order valence-corrected chi connectivity index (χ3v) is 4.71. The Morgan fingerprint density at radius 3 is 2.52 bits per heavy atom. The molecule has 2 heterocycles. The summed E-state index contributed by atoms with van der Waals surface area (Å²) in [5.74, 6) is 0.364. The second-order valence-corrected chi connectivity index (χ2v) is 5.84. The molecule has 2 aliphatic rings. The number of nitrogens with one attached hydrogen (secondary N) is 1. The minimum Gasteiger partial charge on any atom is -0.341 e. The summed E-state index contributed by atoms with van der Waals surface area (Å²) in [4.78, 5) is 16.8. The van der Waals surface area contributed by atoms with Crippen molar-refractivity contribution in [1.29, 1.82) is 0 Å². The standard InChI is InChI=1S/C15H29N3O.2ClH/c1-3-17(4-2)14-9-11-18(12-14)15(19)8-7-13-6-5-10-16-13;;/h13-14,16H,3-12H2,1-2H3;2*1H. The summed E-state index contributed by atoms with van der Waals surface area (Å²) < 4.78 is 0. The van der Waals surface area contributed by atoms with E-state index in [0.29, 0.717) is 18.0 Å². The van der Waals surface area contributed by atoms with E-state index in [2.05, 4.69) is 29.0 Å².